The van der Waals surface area contributed by atoms with Crippen molar-refractivity contribution in [2.75, 3.05) is 38.5 Å². The lowest BCUT2D eigenvalue weighted by atomic mass is 10.2. The van der Waals surface area contributed by atoms with E-state index in [-0.39, 0.29) is 11.6 Å². The zero-order valence-corrected chi connectivity index (χ0v) is 22.9. The number of alkyl halides is 6. The first-order chi connectivity index (χ1) is 18.9. The van der Waals surface area contributed by atoms with Crippen LogP contribution in [0, 0.1) is 0 Å². The molecule has 0 spiro atoms. The third kappa shape index (κ3) is 8.17. The van der Waals surface area contributed by atoms with E-state index in [1.54, 1.807) is 13.8 Å². The van der Waals surface area contributed by atoms with Crippen LogP contribution in [0.3, 0.4) is 0 Å². The maximum Gasteiger partial charge on any atom is 0.416 e. The van der Waals surface area contributed by atoms with Gasteiger partial charge in [0.1, 0.15) is 11.6 Å². The number of likely N-dealkylation sites (N-methyl/N-ethyl adjacent to an activating group) is 2. The van der Waals surface area contributed by atoms with Gasteiger partial charge in [-0.25, -0.2) is 24.5 Å². The van der Waals surface area contributed by atoms with Crippen LogP contribution < -0.4 is 10.2 Å². The van der Waals surface area contributed by atoms with Gasteiger partial charge in [0.15, 0.2) is 12.5 Å². The zero-order chi connectivity index (χ0) is 31.3. The summed E-state index contributed by atoms with van der Waals surface area (Å²) in [4.78, 5) is 34.7. The van der Waals surface area contributed by atoms with Crippen molar-refractivity contribution in [3.05, 3.63) is 47.8 Å². The molecule has 0 radical (unpaired) electrons. The highest BCUT2D eigenvalue weighted by Gasteiger charge is 2.42. The summed E-state index contributed by atoms with van der Waals surface area (Å²) in [6, 6.07) is 0.945. The molecule has 3 heterocycles. The molecule has 2 aromatic heterocycles. The summed E-state index contributed by atoms with van der Waals surface area (Å²) in [6.07, 6.45) is -8.98. The highest BCUT2D eigenvalue weighted by Crippen LogP contribution is 2.33. The minimum absolute atomic E-state index is 0.190. The number of aliphatic hydroxyl groups excluding tert-OH is 1. The van der Waals surface area contributed by atoms with Gasteiger partial charge in [-0.1, -0.05) is 0 Å². The predicted octanol–water partition coefficient (Wildman–Crippen LogP) is 4.25. The first-order valence-electron chi connectivity index (χ1n) is 11.8. The summed E-state index contributed by atoms with van der Waals surface area (Å²) < 4.78 is 85.7. The molecule has 4 amide bonds. The largest absolute Gasteiger partial charge is 0.416 e. The Morgan fingerprint density at radius 1 is 1.05 bits per heavy atom. The van der Waals surface area contributed by atoms with Crippen molar-refractivity contribution in [3.8, 4) is 0 Å². The van der Waals surface area contributed by atoms with Crippen molar-refractivity contribution in [1.29, 1.82) is 0 Å². The monoisotopic (exact) mass is 596 g/mol. The highest BCUT2D eigenvalue weighted by molar-refractivity contribution is 5.94. The number of aromatic nitrogens is 2. The molecule has 1 aliphatic heterocycles. The molecular weight excluding hydrogens is 566 g/mol. The van der Waals surface area contributed by atoms with Crippen LogP contribution >= 0.6 is 0 Å². The molecule has 1 aliphatic rings. The van der Waals surface area contributed by atoms with Crippen LogP contribution in [0.15, 0.2) is 36.7 Å². The highest BCUT2D eigenvalue weighted by atomic mass is 19.4. The van der Waals surface area contributed by atoms with Crippen molar-refractivity contribution < 1.29 is 50.5 Å². The fraction of sp³-hybridized carbons (Fsp3) is 0.500. The number of carbonyl (C=O) groups is 2. The Hall–Kier alpha value is -3.70. The van der Waals surface area contributed by atoms with Crippen LogP contribution in [0.4, 0.5) is 47.6 Å². The number of amides is 4. The van der Waals surface area contributed by atoms with Crippen LogP contribution in [0.25, 0.3) is 0 Å². The summed E-state index contributed by atoms with van der Waals surface area (Å²) in [6.45, 7) is 3.27. The van der Waals surface area contributed by atoms with Crippen LogP contribution in [0.1, 0.15) is 25.0 Å². The summed E-state index contributed by atoms with van der Waals surface area (Å²) in [5.41, 5.74) is -1.81. The molecular formula is C24H30F6N6O5. The average Bonchev–Trinajstić information content (AvgIpc) is 3.10. The van der Waals surface area contributed by atoms with Crippen LogP contribution in [-0.2, 0) is 21.8 Å². The van der Waals surface area contributed by atoms with E-state index < -0.39 is 60.1 Å². The topological polar surface area (TPSA) is 120 Å². The molecule has 1 fully saturated rings. The van der Waals surface area contributed by atoms with E-state index >= 15 is 0 Å². The first-order valence-corrected chi connectivity index (χ1v) is 11.8. The Balaban J connectivity index is 0.000000289. The molecule has 3 atom stereocenters. The van der Waals surface area contributed by atoms with Crippen LogP contribution in [0.2, 0.25) is 0 Å². The van der Waals surface area contributed by atoms with E-state index in [2.05, 4.69) is 15.3 Å². The number of nitrogens with zero attached hydrogens (tertiary/aromatic N) is 5. The second-order valence-corrected chi connectivity index (χ2v) is 8.87. The average molecular weight is 597 g/mol. The third-order valence-corrected chi connectivity index (χ3v) is 6.25. The molecule has 11 nitrogen and oxygen atoms in total. The molecule has 0 bridgehead atoms. The number of pyridine rings is 2. The van der Waals surface area contributed by atoms with Crippen molar-refractivity contribution in [3.63, 3.8) is 0 Å². The van der Waals surface area contributed by atoms with Crippen molar-refractivity contribution >= 4 is 23.7 Å². The maximum absolute atomic E-state index is 12.6. The number of rotatable bonds is 6. The fourth-order valence-corrected chi connectivity index (χ4v) is 3.56. The summed E-state index contributed by atoms with van der Waals surface area (Å²) in [5.74, 6) is -0.409. The summed E-state index contributed by atoms with van der Waals surface area (Å²) >= 11 is 0. The Kier molecular flexibility index (Phi) is 10.9. The number of aliphatic hydroxyl groups is 1. The molecule has 228 valence electrons. The molecule has 0 aliphatic carbocycles. The third-order valence-electron chi connectivity index (χ3n) is 6.25. The lowest BCUT2D eigenvalue weighted by Gasteiger charge is -2.29. The first kappa shape index (κ1) is 33.5. The van der Waals surface area contributed by atoms with E-state index in [1.807, 2.05) is 0 Å². The molecule has 17 heteroatoms. The fourth-order valence-electron chi connectivity index (χ4n) is 3.56. The molecule has 3 rings (SSSR count). The predicted molar refractivity (Wildman–Crippen MR) is 134 cm³/mol. The van der Waals surface area contributed by atoms with Crippen molar-refractivity contribution in [1.82, 2.24) is 19.8 Å². The molecule has 3 unspecified atom stereocenters. The second kappa shape index (κ2) is 13.3. The van der Waals surface area contributed by atoms with E-state index in [0.29, 0.717) is 0 Å². The van der Waals surface area contributed by atoms with E-state index in [0.717, 1.165) is 41.6 Å². The number of nitrogens with one attached hydrogen (secondary N) is 1. The van der Waals surface area contributed by atoms with Crippen molar-refractivity contribution in [2.45, 2.75) is 50.8 Å². The molecule has 0 saturated carbocycles. The van der Waals surface area contributed by atoms with Gasteiger partial charge in [0.25, 0.3) is 0 Å². The van der Waals surface area contributed by atoms with Gasteiger partial charge < -0.3 is 24.4 Å². The number of ether oxygens (including phenoxy) is 2. The smallest absolute Gasteiger partial charge is 0.371 e. The number of anilines is 2. The van der Waals surface area contributed by atoms with Gasteiger partial charge >= 0.3 is 24.4 Å². The standard InChI is InChI=1S/C13H18F3N3O3.C11H12F3N3O2/c1-8(11(21-3)22-4)19(2)12(20)18-10-7-9(5-6-17-10)13(14,15)16;1-6-9(18)17(10(19)16(6)2)8-5-7(3-4-15-8)11(12,13)14/h5-8,11H,1-4H3,(H,17,18,20);3-6,9,18H,1-2H3. The van der Waals surface area contributed by atoms with Gasteiger partial charge in [-0.2, -0.15) is 26.3 Å². The van der Waals surface area contributed by atoms with Gasteiger partial charge in [-0.3, -0.25) is 5.32 Å². The second-order valence-electron chi connectivity index (χ2n) is 8.87. The van der Waals surface area contributed by atoms with Gasteiger partial charge in [-0.05, 0) is 38.1 Å². The summed E-state index contributed by atoms with van der Waals surface area (Å²) in [5, 5.41) is 12.2. The number of carbonyl (C=O) groups excluding carboxylic acids is 2. The SMILES string of the molecule is CC1C(O)N(c2cc(C(F)(F)F)ccn2)C(=O)N1C.COC(OC)C(C)N(C)C(=O)Nc1cc(C(F)(F)F)ccn1. The van der Waals surface area contributed by atoms with Gasteiger partial charge in [0.05, 0.1) is 23.2 Å². The number of halogens is 6. The Bertz CT molecular complexity index is 1200. The number of hydrogen-bond acceptors (Lipinski definition) is 7. The van der Waals surface area contributed by atoms with Gasteiger partial charge in [-0.15, -0.1) is 0 Å². The van der Waals surface area contributed by atoms with Gasteiger partial charge in [0.2, 0.25) is 0 Å². The van der Waals surface area contributed by atoms with E-state index in [9.17, 15) is 41.0 Å². The lowest BCUT2D eigenvalue weighted by molar-refractivity contribution is -0.138. The number of urea groups is 2. The molecule has 2 aromatic rings. The van der Waals surface area contributed by atoms with Crippen LogP contribution in [-0.4, -0.2) is 89.9 Å². The normalized spacial score (nSPS) is 18.2. The Labute approximate surface area is 231 Å². The Morgan fingerprint density at radius 3 is 2.02 bits per heavy atom. The minimum Gasteiger partial charge on any atom is -0.371 e. The summed E-state index contributed by atoms with van der Waals surface area (Å²) in [7, 11) is 5.78. The Morgan fingerprint density at radius 2 is 1.56 bits per heavy atom. The number of methoxy groups -OCH3 is 2. The molecule has 2 N–H and O–H groups in total. The molecule has 0 aromatic carbocycles. The quantitative estimate of drug-likeness (QED) is 0.378. The lowest BCUT2D eigenvalue weighted by Crippen LogP contribution is -2.46. The van der Waals surface area contributed by atoms with E-state index in [1.165, 1.54) is 38.1 Å². The minimum atomic E-state index is -4.52. The van der Waals surface area contributed by atoms with Crippen molar-refractivity contribution in [2.24, 2.45) is 0 Å². The molecule has 41 heavy (non-hydrogen) atoms. The molecule has 1 saturated heterocycles. The maximum atomic E-state index is 12.6. The van der Waals surface area contributed by atoms with E-state index in [4.69, 9.17) is 9.47 Å². The zero-order valence-electron chi connectivity index (χ0n) is 22.9. The number of hydrogen-bond donors (Lipinski definition) is 2. The van der Waals surface area contributed by atoms with Gasteiger partial charge in [0, 0.05) is 40.7 Å². The van der Waals surface area contributed by atoms with Crippen LogP contribution in [0.5, 0.6) is 0 Å².